The van der Waals surface area contributed by atoms with Gasteiger partial charge in [0.05, 0.1) is 0 Å². The van der Waals surface area contributed by atoms with Gasteiger partial charge in [-0.1, -0.05) is 226 Å². The van der Waals surface area contributed by atoms with Gasteiger partial charge < -0.3 is 4.90 Å². The van der Waals surface area contributed by atoms with Crippen molar-refractivity contribution in [2.75, 3.05) is 14.1 Å². The normalized spacial score (nSPS) is 12.5. The van der Waals surface area contributed by atoms with Crippen molar-refractivity contribution in [2.45, 2.75) is 245 Å². The van der Waals surface area contributed by atoms with Gasteiger partial charge >= 0.3 is 0 Å². The Morgan fingerprint density at radius 2 is 0.439 bits per heavy atom. The Hall–Kier alpha value is -0.0400. The van der Waals surface area contributed by atoms with Crippen molar-refractivity contribution in [3.63, 3.8) is 0 Å². The van der Waals surface area contributed by atoms with Crippen LogP contribution in [-0.4, -0.2) is 25.0 Å². The van der Waals surface area contributed by atoms with Crippen molar-refractivity contribution in [1.29, 1.82) is 0 Å². The molecule has 1 nitrogen and oxygen atoms in total. The molecule has 0 saturated heterocycles. The Kier molecular flexibility index (Phi) is 36.1. The van der Waals surface area contributed by atoms with Crippen LogP contribution >= 0.6 is 0 Å². The smallest absolute Gasteiger partial charge is 0.00891 e. The third kappa shape index (κ3) is 34.3. The van der Waals surface area contributed by atoms with E-state index in [0.717, 1.165) is 6.04 Å². The van der Waals surface area contributed by atoms with E-state index in [1.165, 1.54) is 225 Å². The third-order valence-corrected chi connectivity index (χ3v) is 9.76. The first-order chi connectivity index (χ1) is 20.2. The van der Waals surface area contributed by atoms with Crippen LogP contribution < -0.4 is 0 Å². The van der Waals surface area contributed by atoms with Crippen LogP contribution in [0.25, 0.3) is 0 Å². The van der Waals surface area contributed by atoms with Gasteiger partial charge in [0.2, 0.25) is 0 Å². The second-order valence-electron chi connectivity index (χ2n) is 14.2. The molecular weight excluding hydrogens is 494 g/mol. The van der Waals surface area contributed by atoms with Gasteiger partial charge in [0.25, 0.3) is 0 Å². The van der Waals surface area contributed by atoms with Gasteiger partial charge in [-0.05, 0) is 26.9 Å². The van der Waals surface area contributed by atoms with Crippen molar-refractivity contribution < 1.29 is 0 Å². The molecule has 1 atom stereocenters. The summed E-state index contributed by atoms with van der Waals surface area (Å²) in [5.74, 6) is 0. The molecule has 0 aliphatic rings. The number of unbranched alkanes of at least 4 members (excludes halogenated alkanes) is 31. The Labute approximate surface area is 263 Å². The van der Waals surface area contributed by atoms with E-state index in [9.17, 15) is 0 Å². The minimum atomic E-state index is 0.818. The van der Waals surface area contributed by atoms with E-state index in [4.69, 9.17) is 0 Å². The lowest BCUT2D eigenvalue weighted by atomic mass is 9.99. The number of nitrogens with zero attached hydrogens (tertiary/aromatic N) is 1. The molecule has 0 amide bonds. The molecule has 0 aliphatic carbocycles. The highest BCUT2D eigenvalue weighted by Crippen LogP contribution is 2.19. The van der Waals surface area contributed by atoms with E-state index >= 15 is 0 Å². The lowest BCUT2D eigenvalue weighted by molar-refractivity contribution is 0.251. The van der Waals surface area contributed by atoms with E-state index < -0.39 is 0 Å². The maximum absolute atomic E-state index is 2.51. The molecule has 0 aliphatic heterocycles. The van der Waals surface area contributed by atoms with Crippen LogP contribution in [0.3, 0.4) is 0 Å². The minimum Gasteiger partial charge on any atom is -0.306 e. The van der Waals surface area contributed by atoms with E-state index in [2.05, 4.69) is 32.8 Å². The molecule has 0 spiro atoms. The highest BCUT2D eigenvalue weighted by molar-refractivity contribution is 4.67. The Bertz CT molecular complexity index is 444. The lowest BCUT2D eigenvalue weighted by Gasteiger charge is -2.24. The number of hydrogen-bond donors (Lipinski definition) is 0. The number of hydrogen-bond acceptors (Lipinski definition) is 1. The maximum atomic E-state index is 2.51. The van der Waals surface area contributed by atoms with Crippen molar-refractivity contribution >= 4 is 0 Å². The van der Waals surface area contributed by atoms with Gasteiger partial charge in [-0.2, -0.15) is 0 Å². The molecule has 0 rings (SSSR count). The highest BCUT2D eigenvalue weighted by Gasteiger charge is 2.10. The van der Waals surface area contributed by atoms with E-state index in [-0.39, 0.29) is 0 Å². The Morgan fingerprint density at radius 3 is 0.610 bits per heavy atom. The summed E-state index contributed by atoms with van der Waals surface area (Å²) >= 11 is 0. The Morgan fingerprint density at radius 1 is 0.268 bits per heavy atom. The van der Waals surface area contributed by atoms with Crippen molar-refractivity contribution in [3.05, 3.63) is 0 Å². The summed E-state index contributed by atoms with van der Waals surface area (Å²) in [4.78, 5) is 2.51. The average molecular weight is 578 g/mol. The number of rotatable bonds is 36. The first-order valence-electron chi connectivity index (χ1n) is 19.9. The quantitative estimate of drug-likeness (QED) is 0.0669. The molecule has 0 fully saturated rings. The van der Waals surface area contributed by atoms with Crippen LogP contribution in [0.5, 0.6) is 0 Å². The first-order valence-corrected chi connectivity index (χ1v) is 19.9. The first kappa shape index (κ1) is 41.0. The molecule has 1 unspecified atom stereocenters. The molecule has 0 aromatic rings. The van der Waals surface area contributed by atoms with Crippen LogP contribution in [0.2, 0.25) is 0 Å². The van der Waals surface area contributed by atoms with Crippen molar-refractivity contribution in [1.82, 2.24) is 4.90 Å². The molecule has 41 heavy (non-hydrogen) atoms. The zero-order valence-electron chi connectivity index (χ0n) is 29.8. The monoisotopic (exact) mass is 578 g/mol. The van der Waals surface area contributed by atoms with Crippen molar-refractivity contribution in [3.8, 4) is 0 Å². The van der Waals surface area contributed by atoms with Crippen LogP contribution in [0, 0.1) is 0 Å². The van der Waals surface area contributed by atoms with Crippen molar-refractivity contribution in [2.24, 2.45) is 0 Å². The molecule has 0 heterocycles. The largest absolute Gasteiger partial charge is 0.306 e. The van der Waals surface area contributed by atoms with Gasteiger partial charge in [-0.25, -0.2) is 0 Å². The van der Waals surface area contributed by atoms with E-state index in [0.29, 0.717) is 0 Å². The summed E-state index contributed by atoms with van der Waals surface area (Å²) in [7, 11) is 4.62. The predicted molar refractivity (Wildman–Crippen MR) is 190 cm³/mol. The van der Waals surface area contributed by atoms with E-state index in [1.54, 1.807) is 0 Å². The fraction of sp³-hybridized carbons (Fsp3) is 1.00. The van der Waals surface area contributed by atoms with Gasteiger partial charge in [0.15, 0.2) is 0 Å². The molecule has 0 radical (unpaired) electrons. The van der Waals surface area contributed by atoms with Crippen LogP contribution in [0.4, 0.5) is 0 Å². The summed E-state index contributed by atoms with van der Waals surface area (Å²) in [5.41, 5.74) is 0. The fourth-order valence-electron chi connectivity index (χ4n) is 6.69. The van der Waals surface area contributed by atoms with Crippen LogP contribution in [-0.2, 0) is 0 Å². The molecule has 1 heteroatoms. The SMILES string of the molecule is CCCCCCCCCCCCCCCCCCCC(CCCCCCCCCCCCCCCCCC)N(C)C. The topological polar surface area (TPSA) is 3.24 Å². The Balaban J connectivity index is 3.36. The lowest BCUT2D eigenvalue weighted by Crippen LogP contribution is -2.27. The second-order valence-corrected chi connectivity index (χ2v) is 14.2. The zero-order valence-corrected chi connectivity index (χ0v) is 29.8. The zero-order chi connectivity index (χ0) is 29.9. The molecule has 0 saturated carbocycles. The minimum absolute atomic E-state index is 0.818. The fourth-order valence-corrected chi connectivity index (χ4v) is 6.69. The summed E-state index contributed by atoms with van der Waals surface area (Å²) < 4.78 is 0. The summed E-state index contributed by atoms with van der Waals surface area (Å²) in [6.45, 7) is 4.62. The van der Waals surface area contributed by atoms with Crippen LogP contribution in [0.1, 0.15) is 239 Å². The molecule has 0 aromatic carbocycles. The average Bonchev–Trinajstić information content (AvgIpc) is 2.97. The molecule has 0 N–H and O–H groups in total. The summed E-state index contributed by atoms with van der Waals surface area (Å²) in [6.07, 6.45) is 51.3. The van der Waals surface area contributed by atoms with Gasteiger partial charge in [0.1, 0.15) is 0 Å². The summed E-state index contributed by atoms with van der Waals surface area (Å²) in [5, 5.41) is 0. The standard InChI is InChI=1S/C40H83N/c1-5-7-9-11-13-15-17-19-21-23-25-27-29-31-33-35-37-39-40(41(3)4)38-36-34-32-30-28-26-24-22-20-18-16-14-12-10-8-6-2/h40H,5-39H2,1-4H3. The highest BCUT2D eigenvalue weighted by atomic mass is 15.1. The van der Waals surface area contributed by atoms with Gasteiger partial charge in [0, 0.05) is 6.04 Å². The summed E-state index contributed by atoms with van der Waals surface area (Å²) in [6, 6.07) is 0.818. The van der Waals surface area contributed by atoms with Crippen LogP contribution in [0.15, 0.2) is 0 Å². The maximum Gasteiger partial charge on any atom is 0.00891 e. The molecule has 248 valence electrons. The van der Waals surface area contributed by atoms with Gasteiger partial charge in [-0.3, -0.25) is 0 Å². The second kappa shape index (κ2) is 36.2. The molecule has 0 bridgehead atoms. The third-order valence-electron chi connectivity index (χ3n) is 9.76. The molecular formula is C40H83N. The molecule has 0 aromatic heterocycles. The van der Waals surface area contributed by atoms with E-state index in [1.807, 2.05) is 0 Å². The van der Waals surface area contributed by atoms with Gasteiger partial charge in [-0.15, -0.1) is 0 Å². The predicted octanol–water partition coefficient (Wildman–Crippen LogP) is 14.6.